The maximum absolute atomic E-state index is 3.57. The molecule has 1 unspecified atom stereocenters. The highest BCUT2D eigenvalue weighted by Crippen LogP contribution is 2.30. The van der Waals surface area contributed by atoms with E-state index in [9.17, 15) is 0 Å². The molecule has 1 N–H and O–H groups in total. The molecule has 0 aliphatic carbocycles. The molecule has 0 saturated carbocycles. The Labute approximate surface area is 109 Å². The van der Waals surface area contributed by atoms with Crippen LogP contribution in [0.5, 0.6) is 0 Å². The van der Waals surface area contributed by atoms with E-state index in [1.165, 1.54) is 30.0 Å². The predicted octanol–water partition coefficient (Wildman–Crippen LogP) is 2.99. The zero-order chi connectivity index (χ0) is 12.1. The summed E-state index contributed by atoms with van der Waals surface area (Å²) in [5, 5.41) is 3.57. The van der Waals surface area contributed by atoms with Gasteiger partial charge in [0.25, 0.3) is 0 Å². The predicted molar refractivity (Wildman–Crippen MR) is 77.1 cm³/mol. The van der Waals surface area contributed by atoms with Crippen molar-refractivity contribution in [3.05, 3.63) is 24.3 Å². The molecule has 1 aliphatic heterocycles. The highest BCUT2D eigenvalue weighted by molar-refractivity contribution is 7.98. The number of likely N-dealkylation sites (N-methyl/N-ethyl adjacent to an activating group) is 1. The molecule has 1 atom stereocenters. The Morgan fingerprint density at radius 2 is 2.24 bits per heavy atom. The molecule has 1 heterocycles. The second-order valence-corrected chi connectivity index (χ2v) is 5.36. The number of anilines is 1. The van der Waals surface area contributed by atoms with Gasteiger partial charge in [0.1, 0.15) is 0 Å². The van der Waals surface area contributed by atoms with Gasteiger partial charge in [0, 0.05) is 24.0 Å². The van der Waals surface area contributed by atoms with Gasteiger partial charge in [-0.1, -0.05) is 19.1 Å². The van der Waals surface area contributed by atoms with Crippen molar-refractivity contribution in [2.75, 3.05) is 30.8 Å². The number of benzene rings is 1. The van der Waals surface area contributed by atoms with Crippen LogP contribution in [0.2, 0.25) is 0 Å². The lowest BCUT2D eigenvalue weighted by atomic mass is 10.0. The van der Waals surface area contributed by atoms with E-state index in [0.29, 0.717) is 6.04 Å². The Hall–Kier alpha value is -0.670. The monoisotopic (exact) mass is 250 g/mol. The van der Waals surface area contributed by atoms with Crippen molar-refractivity contribution in [2.24, 2.45) is 0 Å². The van der Waals surface area contributed by atoms with Crippen molar-refractivity contribution in [2.45, 2.75) is 30.7 Å². The fraction of sp³-hybridized carbons (Fsp3) is 0.571. The number of nitrogens with zero attached hydrogens (tertiary/aromatic N) is 1. The third-order valence-electron chi connectivity index (χ3n) is 3.34. The number of hydrogen-bond acceptors (Lipinski definition) is 3. The number of hydrogen-bond donors (Lipinski definition) is 1. The molecular weight excluding hydrogens is 228 g/mol. The molecule has 0 spiro atoms. The van der Waals surface area contributed by atoms with Gasteiger partial charge in [-0.15, -0.1) is 11.8 Å². The lowest BCUT2D eigenvalue weighted by Crippen LogP contribution is -2.45. The maximum atomic E-state index is 3.57. The van der Waals surface area contributed by atoms with Crippen LogP contribution >= 0.6 is 11.8 Å². The molecule has 1 aliphatic rings. The van der Waals surface area contributed by atoms with Crippen LogP contribution in [0.15, 0.2) is 29.2 Å². The zero-order valence-corrected chi connectivity index (χ0v) is 11.6. The Balaban J connectivity index is 2.10. The maximum Gasteiger partial charge on any atom is 0.0504 e. The van der Waals surface area contributed by atoms with Crippen molar-refractivity contribution in [3.63, 3.8) is 0 Å². The lowest BCUT2D eigenvalue weighted by molar-refractivity contribution is 0.430. The summed E-state index contributed by atoms with van der Waals surface area (Å²) in [6.07, 6.45) is 4.76. The summed E-state index contributed by atoms with van der Waals surface area (Å²) in [5.74, 6) is 0. The Morgan fingerprint density at radius 1 is 1.41 bits per heavy atom. The number of rotatable bonds is 4. The van der Waals surface area contributed by atoms with E-state index in [2.05, 4.69) is 47.7 Å². The first-order valence-corrected chi connectivity index (χ1v) is 7.69. The number of para-hydroxylation sites is 1. The summed E-state index contributed by atoms with van der Waals surface area (Å²) in [7, 11) is 0. The molecule has 0 aromatic heterocycles. The smallest absolute Gasteiger partial charge is 0.0504 e. The first kappa shape index (κ1) is 12.8. The summed E-state index contributed by atoms with van der Waals surface area (Å²) in [6.45, 7) is 5.60. The van der Waals surface area contributed by atoms with E-state index in [0.717, 1.165) is 13.1 Å². The molecule has 0 radical (unpaired) electrons. The molecule has 1 aromatic carbocycles. The van der Waals surface area contributed by atoms with Crippen LogP contribution in [-0.2, 0) is 0 Å². The third kappa shape index (κ3) is 3.17. The Bertz CT molecular complexity index is 352. The van der Waals surface area contributed by atoms with Crippen molar-refractivity contribution in [1.82, 2.24) is 5.32 Å². The van der Waals surface area contributed by atoms with E-state index in [-0.39, 0.29) is 0 Å². The van der Waals surface area contributed by atoms with Crippen LogP contribution < -0.4 is 10.2 Å². The minimum absolute atomic E-state index is 0.656. The fourth-order valence-corrected chi connectivity index (χ4v) is 3.16. The molecule has 17 heavy (non-hydrogen) atoms. The molecule has 1 aromatic rings. The minimum Gasteiger partial charge on any atom is -0.369 e. The standard InChI is InChI=1S/C14H22N2S/c1-3-15-12-7-6-10-16(11-12)13-8-4-5-9-14(13)17-2/h4-5,8-9,12,15H,3,6-7,10-11H2,1-2H3. The van der Waals surface area contributed by atoms with E-state index in [1.807, 2.05) is 11.8 Å². The summed E-state index contributed by atoms with van der Waals surface area (Å²) < 4.78 is 0. The van der Waals surface area contributed by atoms with Crippen LogP contribution in [-0.4, -0.2) is 31.9 Å². The van der Waals surface area contributed by atoms with Crippen LogP contribution in [0, 0.1) is 0 Å². The van der Waals surface area contributed by atoms with Gasteiger partial charge >= 0.3 is 0 Å². The van der Waals surface area contributed by atoms with Gasteiger partial charge in [-0.05, 0) is 37.8 Å². The molecule has 1 saturated heterocycles. The SMILES string of the molecule is CCNC1CCCN(c2ccccc2SC)C1. The van der Waals surface area contributed by atoms with Crippen LogP contribution in [0.4, 0.5) is 5.69 Å². The summed E-state index contributed by atoms with van der Waals surface area (Å²) >= 11 is 1.84. The van der Waals surface area contributed by atoms with Gasteiger partial charge in [0.05, 0.1) is 5.69 Å². The largest absolute Gasteiger partial charge is 0.369 e. The zero-order valence-electron chi connectivity index (χ0n) is 10.8. The first-order chi connectivity index (χ1) is 8.35. The Morgan fingerprint density at radius 3 is 3.00 bits per heavy atom. The highest BCUT2D eigenvalue weighted by atomic mass is 32.2. The average molecular weight is 250 g/mol. The minimum atomic E-state index is 0.656. The molecule has 3 heteroatoms. The van der Waals surface area contributed by atoms with Gasteiger partial charge in [-0.3, -0.25) is 0 Å². The summed E-state index contributed by atoms with van der Waals surface area (Å²) in [5.41, 5.74) is 1.41. The molecule has 2 nitrogen and oxygen atoms in total. The van der Waals surface area contributed by atoms with Gasteiger partial charge in [-0.2, -0.15) is 0 Å². The summed E-state index contributed by atoms with van der Waals surface area (Å²) in [6, 6.07) is 9.40. The van der Waals surface area contributed by atoms with Crippen LogP contribution in [0.1, 0.15) is 19.8 Å². The molecule has 0 bridgehead atoms. The van der Waals surface area contributed by atoms with E-state index in [4.69, 9.17) is 0 Å². The molecule has 0 amide bonds. The lowest BCUT2D eigenvalue weighted by Gasteiger charge is -2.35. The molecule has 2 rings (SSSR count). The highest BCUT2D eigenvalue weighted by Gasteiger charge is 2.20. The quantitative estimate of drug-likeness (QED) is 0.827. The van der Waals surface area contributed by atoms with E-state index >= 15 is 0 Å². The van der Waals surface area contributed by atoms with Crippen molar-refractivity contribution in [1.29, 1.82) is 0 Å². The summed E-state index contributed by atoms with van der Waals surface area (Å²) in [4.78, 5) is 3.92. The normalized spacial score (nSPS) is 20.6. The third-order valence-corrected chi connectivity index (χ3v) is 4.13. The van der Waals surface area contributed by atoms with Crippen LogP contribution in [0.3, 0.4) is 0 Å². The Kier molecular flexibility index (Phi) is 4.75. The van der Waals surface area contributed by atoms with Crippen molar-refractivity contribution in [3.8, 4) is 0 Å². The van der Waals surface area contributed by atoms with E-state index < -0.39 is 0 Å². The van der Waals surface area contributed by atoms with Crippen molar-refractivity contribution < 1.29 is 0 Å². The number of piperidine rings is 1. The van der Waals surface area contributed by atoms with E-state index in [1.54, 1.807) is 0 Å². The van der Waals surface area contributed by atoms with Crippen molar-refractivity contribution >= 4 is 17.4 Å². The van der Waals surface area contributed by atoms with Crippen LogP contribution in [0.25, 0.3) is 0 Å². The first-order valence-electron chi connectivity index (χ1n) is 6.46. The van der Waals surface area contributed by atoms with Gasteiger partial charge in [0.15, 0.2) is 0 Å². The number of nitrogens with one attached hydrogen (secondary N) is 1. The molecule has 1 fully saturated rings. The average Bonchev–Trinajstić information content (AvgIpc) is 2.39. The topological polar surface area (TPSA) is 15.3 Å². The van der Waals surface area contributed by atoms with Gasteiger partial charge in [0.2, 0.25) is 0 Å². The second kappa shape index (κ2) is 6.31. The molecular formula is C14H22N2S. The van der Waals surface area contributed by atoms with Gasteiger partial charge in [-0.25, -0.2) is 0 Å². The number of thioether (sulfide) groups is 1. The second-order valence-electron chi connectivity index (χ2n) is 4.51. The fourth-order valence-electron chi connectivity index (χ4n) is 2.54. The molecule has 94 valence electrons. The van der Waals surface area contributed by atoms with Gasteiger partial charge < -0.3 is 10.2 Å².